The average molecular weight is 429 g/mol. The number of rotatable bonds is 5. The molecule has 1 fully saturated rings. The largest absolute Gasteiger partial charge is 0.486 e. The molecule has 0 radical (unpaired) electrons. The molecular weight excluding hydrogens is 409 g/mol. The monoisotopic (exact) mass is 429 g/mol. The quantitative estimate of drug-likeness (QED) is 0.465. The highest BCUT2D eigenvalue weighted by Gasteiger charge is 2.27. The van der Waals surface area contributed by atoms with Crippen LogP contribution in [0.2, 0.25) is 0 Å². The molecule has 162 valence electrons. The third kappa shape index (κ3) is 3.55. The number of nitrogens with one attached hydrogen (secondary N) is 3. The molecule has 0 saturated carbocycles. The Bertz CT molecular complexity index is 1160. The van der Waals surface area contributed by atoms with Gasteiger partial charge in [-0.25, -0.2) is 14.4 Å². The van der Waals surface area contributed by atoms with Crippen molar-refractivity contribution in [3.05, 3.63) is 35.8 Å². The standard InChI is InChI=1S/C19H20FN7O4/c1-21-16-6-15(23-13-4-10(20)5-14-17(13)31-3-2-30-14)24-18-12(7-22-27(16)18)19(29)25-26-8-11(28)9-26/h4-7,11,21,28H,2-3,8-9H2,1H3,(H,23,24)(H,25,29). The van der Waals surface area contributed by atoms with Gasteiger partial charge in [0, 0.05) is 38.3 Å². The molecule has 12 heteroatoms. The molecule has 1 aromatic carbocycles. The smallest absolute Gasteiger partial charge is 0.271 e. The second kappa shape index (κ2) is 7.56. The lowest BCUT2D eigenvalue weighted by atomic mass is 10.2. The van der Waals surface area contributed by atoms with E-state index in [0.717, 1.165) is 0 Å². The number of carbonyl (C=O) groups excluding carboxylic acids is 1. The maximum absolute atomic E-state index is 14.1. The van der Waals surface area contributed by atoms with Gasteiger partial charge in [-0.15, -0.1) is 0 Å². The molecule has 4 heterocycles. The lowest BCUT2D eigenvalue weighted by Crippen LogP contribution is -2.58. The van der Waals surface area contributed by atoms with Crippen molar-refractivity contribution in [2.24, 2.45) is 0 Å². The van der Waals surface area contributed by atoms with E-state index in [0.29, 0.717) is 60.8 Å². The van der Waals surface area contributed by atoms with Crippen LogP contribution in [0.15, 0.2) is 24.4 Å². The van der Waals surface area contributed by atoms with Gasteiger partial charge in [0.2, 0.25) is 0 Å². The maximum Gasteiger partial charge on any atom is 0.271 e. The summed E-state index contributed by atoms with van der Waals surface area (Å²) < 4.78 is 26.7. The van der Waals surface area contributed by atoms with E-state index in [-0.39, 0.29) is 5.56 Å². The number of hydrazine groups is 1. The Labute approximate surface area is 175 Å². The molecule has 31 heavy (non-hydrogen) atoms. The van der Waals surface area contributed by atoms with Gasteiger partial charge >= 0.3 is 0 Å². The van der Waals surface area contributed by atoms with Crippen LogP contribution < -0.4 is 25.5 Å². The molecule has 2 aromatic heterocycles. The molecule has 3 aromatic rings. The number of aromatic nitrogens is 3. The average Bonchev–Trinajstić information content (AvgIpc) is 3.16. The molecule has 0 aliphatic carbocycles. The normalized spacial score (nSPS) is 16.1. The van der Waals surface area contributed by atoms with Crippen LogP contribution in [0.3, 0.4) is 0 Å². The van der Waals surface area contributed by atoms with Gasteiger partial charge in [0.25, 0.3) is 5.91 Å². The maximum atomic E-state index is 14.1. The Hall–Kier alpha value is -3.64. The molecule has 2 aliphatic rings. The van der Waals surface area contributed by atoms with Crippen LogP contribution in [0.5, 0.6) is 11.5 Å². The fraction of sp³-hybridized carbons (Fsp3) is 0.316. The van der Waals surface area contributed by atoms with E-state index in [1.807, 2.05) is 0 Å². The zero-order valence-corrected chi connectivity index (χ0v) is 16.6. The molecule has 0 spiro atoms. The first-order valence-electron chi connectivity index (χ1n) is 9.68. The summed E-state index contributed by atoms with van der Waals surface area (Å²) in [4.78, 5) is 17.2. The molecule has 5 rings (SSSR count). The van der Waals surface area contributed by atoms with Crippen LogP contribution in [0, 0.1) is 5.82 Å². The predicted octanol–water partition coefficient (Wildman–Crippen LogP) is 0.746. The third-order valence-corrected chi connectivity index (χ3v) is 4.96. The second-order valence-electron chi connectivity index (χ2n) is 7.17. The summed E-state index contributed by atoms with van der Waals surface area (Å²) in [7, 11) is 1.71. The summed E-state index contributed by atoms with van der Waals surface area (Å²) in [5.74, 6) is 0.741. The van der Waals surface area contributed by atoms with Crippen molar-refractivity contribution in [2.75, 3.05) is 44.0 Å². The number of nitrogens with zero attached hydrogens (tertiary/aromatic N) is 4. The second-order valence-corrected chi connectivity index (χ2v) is 7.17. The summed E-state index contributed by atoms with van der Waals surface area (Å²) in [6.45, 7) is 1.41. The van der Waals surface area contributed by atoms with E-state index >= 15 is 0 Å². The van der Waals surface area contributed by atoms with Crippen LogP contribution in [0.4, 0.5) is 21.7 Å². The number of halogens is 1. The van der Waals surface area contributed by atoms with Gasteiger partial charge in [-0.1, -0.05) is 0 Å². The van der Waals surface area contributed by atoms with E-state index in [9.17, 15) is 14.3 Å². The van der Waals surface area contributed by atoms with E-state index < -0.39 is 17.8 Å². The van der Waals surface area contributed by atoms with Crippen LogP contribution in [0.25, 0.3) is 5.65 Å². The Morgan fingerprint density at radius 3 is 2.84 bits per heavy atom. The summed E-state index contributed by atoms with van der Waals surface area (Å²) in [5.41, 5.74) is 3.62. The molecule has 0 bridgehead atoms. The highest BCUT2D eigenvalue weighted by molar-refractivity contribution is 5.99. The number of fused-ring (bicyclic) bond motifs is 2. The minimum atomic E-state index is -0.483. The number of carbonyl (C=O) groups is 1. The number of aliphatic hydroxyl groups is 1. The van der Waals surface area contributed by atoms with Crippen LogP contribution >= 0.6 is 0 Å². The molecule has 11 nitrogen and oxygen atoms in total. The Kier molecular flexibility index (Phi) is 4.71. The van der Waals surface area contributed by atoms with Crippen molar-refractivity contribution in [3.8, 4) is 11.5 Å². The van der Waals surface area contributed by atoms with Crippen molar-refractivity contribution < 1.29 is 23.8 Å². The number of β-amino-alcohol motifs (C(OH)–C–C–N with tert-alkyl or cyclic N) is 1. The lowest BCUT2D eigenvalue weighted by Gasteiger charge is -2.35. The topological polar surface area (TPSA) is 125 Å². The minimum Gasteiger partial charge on any atom is -0.486 e. The molecule has 1 amide bonds. The van der Waals surface area contributed by atoms with Gasteiger partial charge in [0.15, 0.2) is 17.1 Å². The number of hydrogen-bond donors (Lipinski definition) is 4. The Morgan fingerprint density at radius 2 is 2.06 bits per heavy atom. The number of benzene rings is 1. The van der Waals surface area contributed by atoms with Crippen molar-refractivity contribution in [1.29, 1.82) is 0 Å². The highest BCUT2D eigenvalue weighted by Crippen LogP contribution is 2.40. The number of anilines is 3. The van der Waals surface area contributed by atoms with E-state index in [4.69, 9.17) is 9.47 Å². The van der Waals surface area contributed by atoms with Gasteiger partial charge in [0.05, 0.1) is 18.0 Å². The van der Waals surface area contributed by atoms with Crippen LogP contribution in [-0.2, 0) is 0 Å². The van der Waals surface area contributed by atoms with Crippen LogP contribution in [-0.4, -0.2) is 70.1 Å². The lowest BCUT2D eigenvalue weighted by molar-refractivity contribution is -0.0255. The van der Waals surface area contributed by atoms with Crippen molar-refractivity contribution in [3.63, 3.8) is 0 Å². The fourth-order valence-electron chi connectivity index (χ4n) is 3.47. The number of amides is 1. The Balaban J connectivity index is 1.50. The molecule has 0 atom stereocenters. The van der Waals surface area contributed by atoms with E-state index in [1.165, 1.54) is 22.8 Å². The fourth-order valence-corrected chi connectivity index (χ4v) is 3.47. The molecule has 4 N–H and O–H groups in total. The number of hydrogen-bond acceptors (Lipinski definition) is 9. The molecule has 0 unspecified atom stereocenters. The third-order valence-electron chi connectivity index (χ3n) is 4.96. The number of ether oxygens (including phenoxy) is 2. The summed E-state index contributed by atoms with van der Waals surface area (Å²) in [5, 5.41) is 21.3. The first-order valence-corrected chi connectivity index (χ1v) is 9.68. The predicted molar refractivity (Wildman–Crippen MR) is 108 cm³/mol. The van der Waals surface area contributed by atoms with Crippen molar-refractivity contribution in [2.45, 2.75) is 6.10 Å². The SMILES string of the molecule is CNc1cc(Nc2cc(F)cc3c2OCCO3)nc2c(C(=O)NN3CC(O)C3)cnn12. The van der Waals surface area contributed by atoms with Crippen molar-refractivity contribution in [1.82, 2.24) is 25.0 Å². The van der Waals surface area contributed by atoms with E-state index in [1.54, 1.807) is 18.1 Å². The number of aliphatic hydroxyl groups excluding tert-OH is 1. The van der Waals surface area contributed by atoms with Gasteiger partial charge < -0.3 is 25.2 Å². The summed E-state index contributed by atoms with van der Waals surface area (Å²) in [6.07, 6.45) is 0.969. The molecule has 1 saturated heterocycles. The zero-order chi connectivity index (χ0) is 21.5. The first-order chi connectivity index (χ1) is 15.0. The summed E-state index contributed by atoms with van der Waals surface area (Å²) in [6, 6.07) is 4.23. The van der Waals surface area contributed by atoms with Crippen LogP contribution in [0.1, 0.15) is 10.4 Å². The minimum absolute atomic E-state index is 0.252. The highest BCUT2D eigenvalue weighted by atomic mass is 19.1. The van der Waals surface area contributed by atoms with Crippen molar-refractivity contribution >= 4 is 28.9 Å². The zero-order valence-electron chi connectivity index (χ0n) is 16.6. The van der Waals surface area contributed by atoms with Gasteiger partial charge in [-0.2, -0.15) is 9.61 Å². The van der Waals surface area contributed by atoms with Gasteiger partial charge in [0.1, 0.15) is 36.2 Å². The van der Waals surface area contributed by atoms with E-state index in [2.05, 4.69) is 26.1 Å². The molecule has 2 aliphatic heterocycles. The first kappa shape index (κ1) is 19.3. The summed E-state index contributed by atoms with van der Waals surface area (Å²) >= 11 is 0. The van der Waals surface area contributed by atoms with Gasteiger partial charge in [-0.3, -0.25) is 10.2 Å². The van der Waals surface area contributed by atoms with Gasteiger partial charge in [-0.05, 0) is 0 Å². The molecular formula is C19H20FN7O4. The Morgan fingerprint density at radius 1 is 1.26 bits per heavy atom.